The molecule has 0 heterocycles. The Morgan fingerprint density at radius 2 is 1.93 bits per heavy atom. The van der Waals surface area contributed by atoms with E-state index in [1.807, 2.05) is 20.8 Å². The Morgan fingerprint density at radius 1 is 1.36 bits per heavy atom. The van der Waals surface area contributed by atoms with Crippen LogP contribution in [0.3, 0.4) is 0 Å². The van der Waals surface area contributed by atoms with Crippen LogP contribution >= 0.6 is 0 Å². The van der Waals surface area contributed by atoms with Gasteiger partial charge >= 0.3 is 0 Å². The fourth-order valence-corrected chi connectivity index (χ4v) is 0.696. The number of rotatable bonds is 4. The molecule has 0 aromatic rings. The highest BCUT2D eigenvalue weighted by Crippen LogP contribution is 2.14. The van der Waals surface area contributed by atoms with Crippen molar-refractivity contribution in [3.8, 4) is 0 Å². The van der Waals surface area contributed by atoms with Gasteiger partial charge in [-0.05, 0) is 12.3 Å². The van der Waals surface area contributed by atoms with Crippen molar-refractivity contribution in [2.75, 3.05) is 0 Å². The highest BCUT2D eigenvalue weighted by Gasteiger charge is 2.17. The molecule has 0 saturated carbocycles. The second kappa shape index (κ2) is 5.37. The van der Waals surface area contributed by atoms with Gasteiger partial charge in [0.2, 0.25) is 5.91 Å². The molecule has 0 aliphatic carbocycles. The van der Waals surface area contributed by atoms with Gasteiger partial charge in [-0.15, -0.1) is 0 Å². The summed E-state index contributed by atoms with van der Waals surface area (Å²) in [6.45, 7) is 8.87. The first-order valence-corrected chi connectivity index (χ1v) is 4.49. The summed E-state index contributed by atoms with van der Waals surface area (Å²) in [5.41, 5.74) is -0.384. The Balaban J connectivity index is 4.02. The van der Waals surface area contributed by atoms with Crippen molar-refractivity contribution in [3.05, 3.63) is 24.9 Å². The highest BCUT2D eigenvalue weighted by atomic mass is 16.1. The number of hydrogen-bond acceptors (Lipinski definition) is 2. The fraction of sp³-hybridized carbons (Fsp3) is 0.455. The smallest absolute Gasteiger partial charge is 0.227 e. The van der Waals surface area contributed by atoms with Crippen molar-refractivity contribution in [2.45, 2.75) is 27.2 Å². The molecule has 14 heavy (non-hydrogen) atoms. The predicted molar refractivity (Wildman–Crippen MR) is 56.6 cm³/mol. The maximum Gasteiger partial charge on any atom is 0.227 e. The molecular weight excluding hydrogens is 178 g/mol. The second-order valence-corrected chi connectivity index (χ2v) is 3.99. The molecular formula is C11H17NO2. The van der Waals surface area contributed by atoms with E-state index in [4.69, 9.17) is 0 Å². The molecule has 1 N–H and O–H groups in total. The minimum atomic E-state index is -0.384. The molecule has 0 unspecified atom stereocenters. The van der Waals surface area contributed by atoms with Crippen LogP contribution in [0.25, 0.3) is 0 Å². The lowest BCUT2D eigenvalue weighted by Gasteiger charge is -2.12. The first kappa shape index (κ1) is 12.6. The summed E-state index contributed by atoms with van der Waals surface area (Å²) in [6.07, 6.45) is 4.53. The zero-order valence-electron chi connectivity index (χ0n) is 8.96. The van der Waals surface area contributed by atoms with Gasteiger partial charge in [0.1, 0.15) is 0 Å². The molecule has 0 saturated heterocycles. The fourth-order valence-electron chi connectivity index (χ4n) is 0.696. The first-order chi connectivity index (χ1) is 6.38. The molecule has 0 aliphatic heterocycles. The van der Waals surface area contributed by atoms with E-state index in [0.717, 1.165) is 0 Å². The van der Waals surface area contributed by atoms with Gasteiger partial charge in [0, 0.05) is 11.8 Å². The zero-order chi connectivity index (χ0) is 11.2. The summed E-state index contributed by atoms with van der Waals surface area (Å²) in [6, 6.07) is 0. The summed E-state index contributed by atoms with van der Waals surface area (Å²) in [5.74, 6) is -0.151. The molecule has 0 bridgehead atoms. The van der Waals surface area contributed by atoms with Crippen LogP contribution < -0.4 is 5.32 Å². The number of ketones is 1. The van der Waals surface area contributed by atoms with Crippen LogP contribution in [0.1, 0.15) is 27.2 Å². The van der Waals surface area contributed by atoms with Crippen LogP contribution in [0, 0.1) is 5.41 Å². The lowest BCUT2D eigenvalue weighted by Crippen LogP contribution is -2.18. The minimum Gasteiger partial charge on any atom is -0.333 e. The van der Waals surface area contributed by atoms with Gasteiger partial charge in [-0.1, -0.05) is 33.4 Å². The number of amides is 1. The van der Waals surface area contributed by atoms with Crippen molar-refractivity contribution >= 4 is 11.7 Å². The molecule has 78 valence electrons. The van der Waals surface area contributed by atoms with Crippen molar-refractivity contribution in [1.82, 2.24) is 5.32 Å². The number of nitrogens with one attached hydrogen (secondary N) is 1. The van der Waals surface area contributed by atoms with E-state index in [-0.39, 0.29) is 23.5 Å². The van der Waals surface area contributed by atoms with E-state index in [2.05, 4.69) is 11.9 Å². The monoisotopic (exact) mass is 195 g/mol. The zero-order valence-corrected chi connectivity index (χ0v) is 8.96. The van der Waals surface area contributed by atoms with E-state index in [1.54, 1.807) is 6.08 Å². The van der Waals surface area contributed by atoms with Gasteiger partial charge in [-0.3, -0.25) is 9.59 Å². The highest BCUT2D eigenvalue weighted by molar-refractivity contribution is 5.94. The van der Waals surface area contributed by atoms with Gasteiger partial charge in [-0.2, -0.15) is 0 Å². The molecule has 0 radical (unpaired) electrons. The normalized spacial score (nSPS) is 11.4. The minimum absolute atomic E-state index is 0.0175. The van der Waals surface area contributed by atoms with E-state index < -0.39 is 0 Å². The lowest BCUT2D eigenvalue weighted by atomic mass is 9.90. The summed E-state index contributed by atoms with van der Waals surface area (Å²) < 4.78 is 0. The molecule has 1 amide bonds. The summed E-state index contributed by atoms with van der Waals surface area (Å²) >= 11 is 0. The van der Waals surface area contributed by atoms with Gasteiger partial charge in [0.25, 0.3) is 0 Å². The van der Waals surface area contributed by atoms with Gasteiger partial charge in [-0.25, -0.2) is 0 Å². The van der Waals surface area contributed by atoms with E-state index in [0.29, 0.717) is 0 Å². The predicted octanol–water partition coefficient (Wildman–Crippen LogP) is 1.81. The van der Waals surface area contributed by atoms with Gasteiger partial charge < -0.3 is 5.32 Å². The van der Waals surface area contributed by atoms with Crippen LogP contribution in [0.15, 0.2) is 24.9 Å². The molecule has 0 atom stereocenters. The Labute approximate surface area is 84.9 Å². The lowest BCUT2D eigenvalue weighted by molar-refractivity contribution is -0.121. The molecule has 0 aromatic heterocycles. The number of carbonyl (C=O) groups is 2. The summed E-state index contributed by atoms with van der Waals surface area (Å²) in [5, 5.41) is 2.42. The molecule has 0 rings (SSSR count). The number of carbonyl (C=O) groups excluding carboxylic acids is 2. The number of allylic oxidation sites excluding steroid dienone is 1. The van der Waals surface area contributed by atoms with Gasteiger partial charge in [0.15, 0.2) is 5.78 Å². The van der Waals surface area contributed by atoms with Crippen molar-refractivity contribution in [3.63, 3.8) is 0 Å². The van der Waals surface area contributed by atoms with Crippen LogP contribution in [0.4, 0.5) is 0 Å². The summed E-state index contributed by atoms with van der Waals surface area (Å²) in [4.78, 5) is 22.3. The average Bonchev–Trinajstić information content (AvgIpc) is 2.02. The Kier molecular flexibility index (Phi) is 4.84. The maximum absolute atomic E-state index is 11.4. The Hall–Kier alpha value is -1.38. The summed E-state index contributed by atoms with van der Waals surface area (Å²) in [7, 11) is 0. The third-order valence-electron chi connectivity index (χ3n) is 1.57. The Morgan fingerprint density at radius 3 is 2.36 bits per heavy atom. The van der Waals surface area contributed by atoms with E-state index in [9.17, 15) is 9.59 Å². The third kappa shape index (κ3) is 5.30. The average molecular weight is 195 g/mol. The van der Waals surface area contributed by atoms with Gasteiger partial charge in [0.05, 0.1) is 0 Å². The van der Waals surface area contributed by atoms with Crippen LogP contribution in [-0.4, -0.2) is 11.7 Å². The van der Waals surface area contributed by atoms with Crippen LogP contribution in [0.2, 0.25) is 0 Å². The molecule has 0 fully saturated rings. The molecule has 0 aliphatic rings. The quantitative estimate of drug-likeness (QED) is 0.695. The van der Waals surface area contributed by atoms with Crippen LogP contribution in [-0.2, 0) is 9.59 Å². The van der Waals surface area contributed by atoms with Crippen molar-refractivity contribution < 1.29 is 9.59 Å². The molecule has 0 aromatic carbocycles. The standard InChI is InChI=1S/C11H17NO2/c1-5-12-10(14)8-6-7-9(13)11(2,3)4/h5-7H,1,8H2,2-4H3,(H,12,14). The molecule has 3 nitrogen and oxygen atoms in total. The SMILES string of the molecule is C=CNC(=O)CC=CC(=O)C(C)(C)C. The largest absolute Gasteiger partial charge is 0.333 e. The molecule has 3 heteroatoms. The van der Waals surface area contributed by atoms with E-state index in [1.165, 1.54) is 12.3 Å². The topological polar surface area (TPSA) is 46.2 Å². The second-order valence-electron chi connectivity index (χ2n) is 3.99. The van der Waals surface area contributed by atoms with Crippen molar-refractivity contribution in [1.29, 1.82) is 0 Å². The first-order valence-electron chi connectivity index (χ1n) is 4.49. The van der Waals surface area contributed by atoms with Crippen LogP contribution in [0.5, 0.6) is 0 Å². The third-order valence-corrected chi connectivity index (χ3v) is 1.57. The Bertz CT molecular complexity index is 259. The van der Waals surface area contributed by atoms with E-state index >= 15 is 0 Å². The van der Waals surface area contributed by atoms with Crippen molar-refractivity contribution in [2.24, 2.45) is 5.41 Å². The maximum atomic E-state index is 11.4. The molecule has 0 spiro atoms. The number of hydrogen-bond donors (Lipinski definition) is 1.